The minimum absolute atomic E-state index is 0.0648. The topological polar surface area (TPSA) is 80.2 Å². The largest absolute Gasteiger partial charge is 0.493 e. The van der Waals surface area contributed by atoms with Crippen molar-refractivity contribution >= 4 is 17.5 Å². The third-order valence-corrected chi connectivity index (χ3v) is 5.49. The molecule has 7 heteroatoms. The van der Waals surface area contributed by atoms with Crippen LogP contribution in [0.4, 0.5) is 11.6 Å². The molecule has 0 spiro atoms. The van der Waals surface area contributed by atoms with Crippen LogP contribution in [0.3, 0.4) is 0 Å². The molecule has 0 radical (unpaired) electrons. The SMILES string of the molecule is Cc1ccccc1OCCC(=O)N1CCCC1c1cncc(Nc2ncccc2C)n1. The van der Waals surface area contributed by atoms with Gasteiger partial charge in [-0.15, -0.1) is 0 Å². The number of rotatable bonds is 7. The highest BCUT2D eigenvalue weighted by Gasteiger charge is 2.31. The van der Waals surface area contributed by atoms with E-state index in [0.29, 0.717) is 18.8 Å². The van der Waals surface area contributed by atoms with Crippen molar-refractivity contribution in [3.63, 3.8) is 0 Å². The normalized spacial score (nSPS) is 15.7. The van der Waals surface area contributed by atoms with Crippen LogP contribution in [-0.2, 0) is 4.79 Å². The van der Waals surface area contributed by atoms with Gasteiger partial charge in [0.15, 0.2) is 0 Å². The first-order valence-corrected chi connectivity index (χ1v) is 10.6. The van der Waals surface area contributed by atoms with Crippen LogP contribution in [0.15, 0.2) is 55.0 Å². The zero-order chi connectivity index (χ0) is 21.6. The Labute approximate surface area is 182 Å². The van der Waals surface area contributed by atoms with E-state index < -0.39 is 0 Å². The summed E-state index contributed by atoms with van der Waals surface area (Å²) in [5.41, 5.74) is 2.89. The number of hydrogen-bond acceptors (Lipinski definition) is 6. The number of pyridine rings is 1. The van der Waals surface area contributed by atoms with Gasteiger partial charge in [0.1, 0.15) is 17.4 Å². The fraction of sp³-hybridized carbons (Fsp3) is 0.333. The molecular weight excluding hydrogens is 390 g/mol. The highest BCUT2D eigenvalue weighted by atomic mass is 16.5. The number of para-hydroxylation sites is 1. The number of carbonyl (C=O) groups is 1. The molecule has 31 heavy (non-hydrogen) atoms. The molecule has 3 aromatic rings. The van der Waals surface area contributed by atoms with E-state index in [0.717, 1.165) is 47.8 Å². The molecule has 1 atom stereocenters. The fourth-order valence-corrected chi connectivity index (χ4v) is 3.82. The van der Waals surface area contributed by atoms with Crippen molar-refractivity contribution in [3.8, 4) is 5.75 Å². The van der Waals surface area contributed by atoms with Gasteiger partial charge < -0.3 is 15.0 Å². The number of carbonyl (C=O) groups excluding carboxylic acids is 1. The number of hydrogen-bond donors (Lipinski definition) is 1. The maximum Gasteiger partial charge on any atom is 0.226 e. The number of aryl methyl sites for hydroxylation is 2. The Hall–Kier alpha value is -3.48. The van der Waals surface area contributed by atoms with Crippen LogP contribution in [-0.4, -0.2) is 38.9 Å². The average molecular weight is 418 g/mol. The second kappa shape index (κ2) is 9.55. The summed E-state index contributed by atoms with van der Waals surface area (Å²) in [4.78, 5) is 28.2. The van der Waals surface area contributed by atoms with E-state index >= 15 is 0 Å². The van der Waals surface area contributed by atoms with E-state index in [4.69, 9.17) is 9.72 Å². The van der Waals surface area contributed by atoms with Gasteiger partial charge in [-0.05, 0) is 49.9 Å². The van der Waals surface area contributed by atoms with Gasteiger partial charge in [0, 0.05) is 12.7 Å². The second-order valence-electron chi connectivity index (χ2n) is 7.73. The van der Waals surface area contributed by atoms with Gasteiger partial charge in [-0.3, -0.25) is 9.78 Å². The Morgan fingerprint density at radius 3 is 2.84 bits per heavy atom. The second-order valence-corrected chi connectivity index (χ2v) is 7.73. The zero-order valence-electron chi connectivity index (χ0n) is 17.9. The standard InChI is InChI=1S/C24H27N5O2/c1-17-7-3-4-10-21(17)31-14-11-23(30)29-13-6-9-20(29)19-15-25-16-22(27-19)28-24-18(2)8-5-12-26-24/h3-5,7-8,10,12,15-16,20H,6,9,11,13-14H2,1-2H3,(H,26,27,28). The molecule has 1 fully saturated rings. The van der Waals surface area contributed by atoms with Crippen molar-refractivity contribution in [2.24, 2.45) is 0 Å². The van der Waals surface area contributed by atoms with Crippen molar-refractivity contribution in [3.05, 3.63) is 71.8 Å². The number of aromatic nitrogens is 3. The Balaban J connectivity index is 1.40. The number of likely N-dealkylation sites (tertiary alicyclic amines) is 1. The van der Waals surface area contributed by atoms with E-state index in [1.54, 1.807) is 18.6 Å². The smallest absolute Gasteiger partial charge is 0.226 e. The van der Waals surface area contributed by atoms with E-state index in [1.807, 2.05) is 55.1 Å². The lowest BCUT2D eigenvalue weighted by Crippen LogP contribution is -2.32. The van der Waals surface area contributed by atoms with Crippen LogP contribution in [0.25, 0.3) is 0 Å². The Morgan fingerprint density at radius 1 is 1.16 bits per heavy atom. The van der Waals surface area contributed by atoms with Gasteiger partial charge in [-0.2, -0.15) is 0 Å². The molecule has 1 amide bonds. The molecule has 1 aliphatic heterocycles. The summed E-state index contributed by atoms with van der Waals surface area (Å²) in [5, 5.41) is 3.23. The molecule has 0 bridgehead atoms. The quantitative estimate of drug-likeness (QED) is 0.615. The Morgan fingerprint density at radius 2 is 2.00 bits per heavy atom. The number of amides is 1. The lowest BCUT2D eigenvalue weighted by molar-refractivity contribution is -0.132. The van der Waals surface area contributed by atoms with Crippen LogP contribution < -0.4 is 10.1 Å². The van der Waals surface area contributed by atoms with E-state index in [9.17, 15) is 4.79 Å². The minimum atomic E-state index is -0.0648. The number of nitrogens with zero attached hydrogens (tertiary/aromatic N) is 4. The zero-order valence-corrected chi connectivity index (χ0v) is 17.9. The third-order valence-electron chi connectivity index (χ3n) is 5.49. The van der Waals surface area contributed by atoms with Crippen LogP contribution in [0.5, 0.6) is 5.75 Å². The number of nitrogens with one attached hydrogen (secondary N) is 1. The van der Waals surface area contributed by atoms with Gasteiger partial charge in [0.25, 0.3) is 0 Å². The predicted molar refractivity (Wildman–Crippen MR) is 119 cm³/mol. The highest BCUT2D eigenvalue weighted by Crippen LogP contribution is 2.32. The summed E-state index contributed by atoms with van der Waals surface area (Å²) < 4.78 is 5.81. The monoisotopic (exact) mass is 417 g/mol. The molecule has 7 nitrogen and oxygen atoms in total. The predicted octanol–water partition coefficient (Wildman–Crippen LogP) is 4.36. The molecule has 1 aromatic carbocycles. The molecular formula is C24H27N5O2. The third kappa shape index (κ3) is 4.99. The molecule has 1 aliphatic rings. The van der Waals surface area contributed by atoms with E-state index in [2.05, 4.69) is 15.3 Å². The lowest BCUT2D eigenvalue weighted by Gasteiger charge is -2.24. The maximum absolute atomic E-state index is 12.9. The van der Waals surface area contributed by atoms with Crippen LogP contribution in [0.1, 0.15) is 42.1 Å². The van der Waals surface area contributed by atoms with Crippen molar-refractivity contribution < 1.29 is 9.53 Å². The molecule has 1 saturated heterocycles. The van der Waals surface area contributed by atoms with E-state index in [1.165, 1.54) is 0 Å². The summed E-state index contributed by atoms with van der Waals surface area (Å²) in [6, 6.07) is 11.7. The van der Waals surface area contributed by atoms with Gasteiger partial charge in [0.2, 0.25) is 5.91 Å². The number of anilines is 2. The van der Waals surface area contributed by atoms with Crippen LogP contribution in [0.2, 0.25) is 0 Å². The lowest BCUT2D eigenvalue weighted by atomic mass is 10.1. The fourth-order valence-electron chi connectivity index (χ4n) is 3.82. The highest BCUT2D eigenvalue weighted by molar-refractivity contribution is 5.77. The van der Waals surface area contributed by atoms with Crippen molar-refractivity contribution in [2.45, 2.75) is 39.2 Å². The van der Waals surface area contributed by atoms with Crippen molar-refractivity contribution in [1.82, 2.24) is 19.9 Å². The van der Waals surface area contributed by atoms with Crippen molar-refractivity contribution in [2.75, 3.05) is 18.5 Å². The molecule has 1 unspecified atom stereocenters. The van der Waals surface area contributed by atoms with Crippen molar-refractivity contribution in [1.29, 1.82) is 0 Å². The molecule has 0 aliphatic carbocycles. The van der Waals surface area contributed by atoms with Crippen LogP contribution >= 0.6 is 0 Å². The van der Waals surface area contributed by atoms with Gasteiger partial charge in [0.05, 0.1) is 37.2 Å². The molecule has 3 heterocycles. The number of ether oxygens (including phenoxy) is 1. The molecule has 0 saturated carbocycles. The summed E-state index contributed by atoms with van der Waals surface area (Å²) in [6.07, 6.45) is 7.33. The number of benzene rings is 1. The minimum Gasteiger partial charge on any atom is -0.493 e. The van der Waals surface area contributed by atoms with Gasteiger partial charge >= 0.3 is 0 Å². The van der Waals surface area contributed by atoms with Crippen LogP contribution in [0, 0.1) is 13.8 Å². The summed E-state index contributed by atoms with van der Waals surface area (Å²) in [7, 11) is 0. The first-order chi connectivity index (χ1) is 15.1. The molecule has 4 rings (SSSR count). The average Bonchev–Trinajstić information content (AvgIpc) is 3.27. The van der Waals surface area contributed by atoms with Gasteiger partial charge in [-0.1, -0.05) is 24.3 Å². The first kappa shape index (κ1) is 20.8. The van der Waals surface area contributed by atoms with Gasteiger partial charge in [-0.25, -0.2) is 9.97 Å². The Kier molecular flexibility index (Phi) is 6.40. The molecule has 2 aromatic heterocycles. The summed E-state index contributed by atoms with van der Waals surface area (Å²) in [6.45, 7) is 5.08. The summed E-state index contributed by atoms with van der Waals surface area (Å²) >= 11 is 0. The summed E-state index contributed by atoms with van der Waals surface area (Å²) in [5.74, 6) is 2.28. The first-order valence-electron chi connectivity index (χ1n) is 10.6. The maximum atomic E-state index is 12.9. The Bertz CT molecular complexity index is 1060. The van der Waals surface area contributed by atoms with E-state index in [-0.39, 0.29) is 11.9 Å². The molecule has 160 valence electrons. The molecule has 1 N–H and O–H groups in total.